The fraction of sp³-hybridized carbons (Fsp3) is 0.500. The Kier molecular flexibility index (Phi) is 3.50. The van der Waals surface area contributed by atoms with Crippen LogP contribution in [0.1, 0.15) is 41.7 Å². The predicted molar refractivity (Wildman–Crippen MR) is 88.4 cm³/mol. The van der Waals surface area contributed by atoms with Crippen LogP contribution in [0.5, 0.6) is 0 Å². The first-order chi connectivity index (χ1) is 10.7. The minimum absolute atomic E-state index is 0.522. The van der Waals surface area contributed by atoms with Gasteiger partial charge >= 0.3 is 0 Å². The minimum Gasteiger partial charge on any atom is -0.346 e. The third kappa shape index (κ3) is 2.46. The molecule has 0 aliphatic carbocycles. The molecule has 3 aromatic heterocycles. The van der Waals surface area contributed by atoms with Gasteiger partial charge in [-0.2, -0.15) is 0 Å². The van der Waals surface area contributed by atoms with Crippen molar-refractivity contribution in [2.45, 2.75) is 39.2 Å². The Morgan fingerprint density at radius 1 is 1.41 bits per heavy atom. The maximum Gasteiger partial charge on any atom is 0.194 e. The summed E-state index contributed by atoms with van der Waals surface area (Å²) in [6.45, 7) is 7.39. The molecule has 5 nitrogen and oxygen atoms in total. The highest BCUT2D eigenvalue weighted by atomic mass is 32.1. The van der Waals surface area contributed by atoms with Crippen molar-refractivity contribution >= 4 is 16.3 Å². The van der Waals surface area contributed by atoms with Crippen molar-refractivity contribution in [1.82, 2.24) is 24.3 Å². The van der Waals surface area contributed by atoms with Crippen LogP contribution in [0.15, 0.2) is 17.8 Å². The fourth-order valence-corrected chi connectivity index (χ4v) is 4.18. The molecule has 1 fully saturated rings. The van der Waals surface area contributed by atoms with Crippen LogP contribution in [0.3, 0.4) is 0 Å². The second kappa shape index (κ2) is 5.52. The second-order valence-corrected chi connectivity index (χ2v) is 7.10. The van der Waals surface area contributed by atoms with E-state index in [4.69, 9.17) is 0 Å². The summed E-state index contributed by atoms with van der Waals surface area (Å²) in [6.07, 6.45) is 6.52. The van der Waals surface area contributed by atoms with Gasteiger partial charge in [0.15, 0.2) is 4.96 Å². The Labute approximate surface area is 134 Å². The molecule has 6 heteroatoms. The fourth-order valence-electron chi connectivity index (χ4n) is 3.41. The summed E-state index contributed by atoms with van der Waals surface area (Å²) in [6, 6.07) is 0. The van der Waals surface area contributed by atoms with Crippen LogP contribution in [-0.4, -0.2) is 37.3 Å². The molecule has 4 heterocycles. The van der Waals surface area contributed by atoms with E-state index in [2.05, 4.69) is 49.7 Å². The number of hydrogen-bond acceptors (Lipinski definition) is 4. The summed E-state index contributed by atoms with van der Waals surface area (Å²) in [5.41, 5.74) is 3.63. The molecule has 4 rings (SSSR count). The van der Waals surface area contributed by atoms with Crippen molar-refractivity contribution in [1.29, 1.82) is 0 Å². The Balaban J connectivity index is 1.53. The van der Waals surface area contributed by atoms with E-state index in [1.165, 1.54) is 18.5 Å². The molecule has 1 aliphatic heterocycles. The second-order valence-electron chi connectivity index (χ2n) is 6.23. The predicted octanol–water partition coefficient (Wildman–Crippen LogP) is 3.12. The number of rotatable bonds is 3. The SMILES string of the molecule is Cc1cnc(C2CCCN(Cc3c(C)nc4sccn34)C2)[nH]1. The van der Waals surface area contributed by atoms with Crippen LogP contribution in [-0.2, 0) is 6.54 Å². The number of nitrogens with zero attached hydrogens (tertiary/aromatic N) is 4. The smallest absolute Gasteiger partial charge is 0.194 e. The number of aromatic nitrogens is 4. The number of H-pyrrole nitrogens is 1. The summed E-state index contributed by atoms with van der Waals surface area (Å²) in [5, 5.41) is 2.11. The van der Waals surface area contributed by atoms with Gasteiger partial charge in [0, 0.05) is 42.5 Å². The standard InChI is InChI=1S/C16H21N5S/c1-11-8-17-15(18-11)13-4-3-5-20(9-13)10-14-12(2)19-16-21(14)6-7-22-16/h6-8,13H,3-5,9-10H2,1-2H3,(H,17,18). The number of aryl methyl sites for hydroxylation is 2. The highest BCUT2D eigenvalue weighted by Crippen LogP contribution is 2.27. The van der Waals surface area contributed by atoms with Crippen molar-refractivity contribution in [3.63, 3.8) is 0 Å². The van der Waals surface area contributed by atoms with E-state index in [0.29, 0.717) is 5.92 Å². The number of thiazole rings is 1. The lowest BCUT2D eigenvalue weighted by Gasteiger charge is -2.31. The maximum absolute atomic E-state index is 4.66. The van der Waals surface area contributed by atoms with Crippen molar-refractivity contribution < 1.29 is 0 Å². The first-order valence-corrected chi connectivity index (χ1v) is 8.73. The lowest BCUT2D eigenvalue weighted by molar-refractivity contribution is 0.194. The molecule has 1 N–H and O–H groups in total. The first-order valence-electron chi connectivity index (χ1n) is 7.85. The Morgan fingerprint density at radius 3 is 3.14 bits per heavy atom. The number of fused-ring (bicyclic) bond motifs is 1. The largest absolute Gasteiger partial charge is 0.346 e. The van der Waals surface area contributed by atoms with Crippen LogP contribution in [0.25, 0.3) is 4.96 Å². The van der Waals surface area contributed by atoms with Gasteiger partial charge in [0.2, 0.25) is 0 Å². The van der Waals surface area contributed by atoms with Gasteiger partial charge in [-0.1, -0.05) is 0 Å². The van der Waals surface area contributed by atoms with Crippen molar-refractivity contribution in [2.75, 3.05) is 13.1 Å². The molecular weight excluding hydrogens is 294 g/mol. The molecule has 1 aliphatic rings. The van der Waals surface area contributed by atoms with Crippen LogP contribution in [0.2, 0.25) is 0 Å². The van der Waals surface area contributed by atoms with E-state index in [0.717, 1.165) is 41.8 Å². The molecule has 0 aromatic carbocycles. The van der Waals surface area contributed by atoms with Crippen molar-refractivity contribution in [3.8, 4) is 0 Å². The highest BCUT2D eigenvalue weighted by molar-refractivity contribution is 7.15. The maximum atomic E-state index is 4.66. The zero-order valence-electron chi connectivity index (χ0n) is 13.0. The molecule has 3 aromatic rings. The van der Waals surface area contributed by atoms with E-state index < -0.39 is 0 Å². The van der Waals surface area contributed by atoms with Crippen LogP contribution < -0.4 is 0 Å². The molecule has 1 saturated heterocycles. The summed E-state index contributed by atoms with van der Waals surface area (Å²) in [5.74, 6) is 1.67. The molecule has 22 heavy (non-hydrogen) atoms. The number of hydrogen-bond donors (Lipinski definition) is 1. The number of aromatic amines is 1. The van der Waals surface area contributed by atoms with E-state index in [-0.39, 0.29) is 0 Å². The van der Waals surface area contributed by atoms with Gasteiger partial charge in [-0.25, -0.2) is 9.97 Å². The summed E-state index contributed by atoms with van der Waals surface area (Å²) in [7, 11) is 0. The highest BCUT2D eigenvalue weighted by Gasteiger charge is 2.24. The van der Waals surface area contributed by atoms with Gasteiger partial charge < -0.3 is 4.98 Å². The molecule has 0 radical (unpaired) electrons. The van der Waals surface area contributed by atoms with Crippen LogP contribution in [0.4, 0.5) is 0 Å². The lowest BCUT2D eigenvalue weighted by atomic mass is 9.97. The molecule has 0 amide bonds. The van der Waals surface area contributed by atoms with E-state index in [1.54, 1.807) is 11.3 Å². The molecular formula is C16H21N5S. The number of imidazole rings is 2. The van der Waals surface area contributed by atoms with Gasteiger partial charge in [-0.15, -0.1) is 11.3 Å². The molecule has 1 atom stereocenters. The van der Waals surface area contributed by atoms with Crippen LogP contribution >= 0.6 is 11.3 Å². The quantitative estimate of drug-likeness (QED) is 0.808. The normalized spacial score (nSPS) is 20.0. The zero-order valence-corrected chi connectivity index (χ0v) is 13.9. The molecule has 0 spiro atoms. The van der Waals surface area contributed by atoms with Crippen LogP contribution in [0, 0.1) is 13.8 Å². The summed E-state index contributed by atoms with van der Waals surface area (Å²) < 4.78 is 2.24. The third-order valence-electron chi connectivity index (χ3n) is 4.55. The van der Waals surface area contributed by atoms with Crippen molar-refractivity contribution in [3.05, 3.63) is 40.7 Å². The van der Waals surface area contributed by atoms with E-state index >= 15 is 0 Å². The van der Waals surface area contributed by atoms with Gasteiger partial charge in [0.25, 0.3) is 0 Å². The van der Waals surface area contributed by atoms with E-state index in [1.807, 2.05) is 6.20 Å². The number of likely N-dealkylation sites (tertiary alicyclic amines) is 1. The van der Waals surface area contributed by atoms with Gasteiger partial charge in [-0.05, 0) is 33.2 Å². The number of nitrogens with one attached hydrogen (secondary N) is 1. The van der Waals surface area contributed by atoms with Crippen molar-refractivity contribution in [2.24, 2.45) is 0 Å². The van der Waals surface area contributed by atoms with E-state index in [9.17, 15) is 0 Å². The zero-order chi connectivity index (χ0) is 15.1. The van der Waals surface area contributed by atoms with Gasteiger partial charge in [-0.3, -0.25) is 9.30 Å². The Bertz CT molecular complexity index is 784. The monoisotopic (exact) mass is 315 g/mol. The first kappa shape index (κ1) is 14.0. The van der Waals surface area contributed by atoms with Gasteiger partial charge in [0.05, 0.1) is 11.4 Å². The lowest BCUT2D eigenvalue weighted by Crippen LogP contribution is -2.34. The molecule has 116 valence electrons. The average Bonchev–Trinajstić information content (AvgIpc) is 3.19. The summed E-state index contributed by atoms with van der Waals surface area (Å²) >= 11 is 1.70. The molecule has 0 saturated carbocycles. The Hall–Kier alpha value is -1.66. The minimum atomic E-state index is 0.522. The summed E-state index contributed by atoms with van der Waals surface area (Å²) in [4.78, 5) is 16.2. The average molecular weight is 315 g/mol. The Morgan fingerprint density at radius 2 is 2.32 bits per heavy atom. The number of piperidine rings is 1. The topological polar surface area (TPSA) is 49.2 Å². The molecule has 1 unspecified atom stereocenters. The van der Waals surface area contributed by atoms with Gasteiger partial charge in [0.1, 0.15) is 5.82 Å². The third-order valence-corrected chi connectivity index (χ3v) is 5.31. The molecule has 0 bridgehead atoms.